The summed E-state index contributed by atoms with van der Waals surface area (Å²) in [6.45, 7) is 7.74. The Balaban J connectivity index is 1.70. The number of carbonyl (C=O) groups excluding carboxylic acids is 1. The van der Waals surface area contributed by atoms with E-state index in [0.717, 1.165) is 44.0 Å². The van der Waals surface area contributed by atoms with Crippen molar-refractivity contribution in [2.24, 2.45) is 4.99 Å². The highest BCUT2D eigenvalue weighted by Gasteiger charge is 2.38. The maximum Gasteiger partial charge on any atom is 0.416 e. The molecular weight excluding hydrogens is 515 g/mol. The highest BCUT2D eigenvalue weighted by Crippen LogP contribution is 2.36. The molecule has 0 bridgehead atoms. The second kappa shape index (κ2) is 13.0. The highest BCUT2D eigenvalue weighted by molar-refractivity contribution is 6.54. The molecule has 5 nitrogen and oxygen atoms in total. The van der Waals surface area contributed by atoms with Crippen LogP contribution in [0.3, 0.4) is 0 Å². The van der Waals surface area contributed by atoms with Gasteiger partial charge in [-0.05, 0) is 76.6 Å². The lowest BCUT2D eigenvalue weighted by Crippen LogP contribution is -2.39. The largest absolute Gasteiger partial charge is 0.512 e. The molecule has 3 aliphatic rings. The Morgan fingerprint density at radius 3 is 2.70 bits per heavy atom. The number of carbonyl (C=O) groups is 1. The van der Waals surface area contributed by atoms with Gasteiger partial charge in [-0.3, -0.25) is 14.6 Å². The Morgan fingerprint density at radius 2 is 2.00 bits per heavy atom. The number of anilines is 1. The molecule has 2 atom stereocenters. The number of hydrogen-bond donors (Lipinski definition) is 1. The van der Waals surface area contributed by atoms with E-state index in [1.807, 2.05) is 31.2 Å². The van der Waals surface area contributed by atoms with E-state index in [1.165, 1.54) is 6.08 Å². The number of allylic oxidation sites excluding steroid dienone is 6. The van der Waals surface area contributed by atoms with Crippen LogP contribution in [0.5, 0.6) is 0 Å². The molecule has 1 saturated heterocycles. The minimum absolute atomic E-state index is 0.181. The van der Waals surface area contributed by atoms with Crippen LogP contribution < -0.4 is 4.90 Å². The topological polar surface area (TPSA) is 56.1 Å². The number of likely N-dealkylation sites (tertiary alicyclic amines) is 1. The minimum atomic E-state index is -4.46. The average molecular weight is 556 g/mol. The average Bonchev–Trinajstić information content (AvgIpc) is 3.38. The van der Waals surface area contributed by atoms with Crippen molar-refractivity contribution in [3.63, 3.8) is 0 Å². The molecule has 40 heavy (non-hydrogen) atoms. The minimum Gasteiger partial charge on any atom is -0.512 e. The lowest BCUT2D eigenvalue weighted by molar-refractivity contribution is -0.112. The van der Waals surface area contributed by atoms with Gasteiger partial charge < -0.3 is 5.11 Å². The van der Waals surface area contributed by atoms with Gasteiger partial charge in [0.05, 0.1) is 23.1 Å². The predicted octanol–water partition coefficient (Wildman–Crippen LogP) is 7.81. The van der Waals surface area contributed by atoms with Crippen LogP contribution in [0.1, 0.15) is 77.7 Å². The SMILES string of the molecule is C/C=C(/O)C/C(=C\C(CC)N1C(=O)C(=NC2=CC(C(F)(F)F)=CCCC2)c2ccccc21)CN1CCCC1CC. The molecule has 1 N–H and O–H groups in total. The molecule has 1 aliphatic carbocycles. The number of nitrogens with zero attached hydrogens (tertiary/aromatic N) is 3. The Kier molecular flexibility index (Phi) is 9.72. The Morgan fingerprint density at radius 1 is 1.23 bits per heavy atom. The van der Waals surface area contributed by atoms with E-state index in [0.29, 0.717) is 49.4 Å². The van der Waals surface area contributed by atoms with Crippen LogP contribution in [0.2, 0.25) is 0 Å². The smallest absolute Gasteiger partial charge is 0.416 e. The summed E-state index contributed by atoms with van der Waals surface area (Å²) in [6, 6.07) is 7.56. The molecule has 2 unspecified atom stereocenters. The van der Waals surface area contributed by atoms with Crippen LogP contribution in [0.25, 0.3) is 0 Å². The quantitative estimate of drug-likeness (QED) is 0.250. The number of halogens is 3. The molecule has 0 spiro atoms. The zero-order valence-corrected chi connectivity index (χ0v) is 23.7. The van der Waals surface area contributed by atoms with Crippen LogP contribution in [0, 0.1) is 0 Å². The summed E-state index contributed by atoms with van der Waals surface area (Å²) < 4.78 is 40.5. The van der Waals surface area contributed by atoms with Gasteiger partial charge in [0.15, 0.2) is 0 Å². The zero-order valence-electron chi connectivity index (χ0n) is 23.7. The van der Waals surface area contributed by atoms with E-state index in [9.17, 15) is 23.1 Å². The summed E-state index contributed by atoms with van der Waals surface area (Å²) in [5, 5.41) is 10.4. The van der Waals surface area contributed by atoms with Gasteiger partial charge in [-0.15, -0.1) is 0 Å². The Hall–Kier alpha value is -3.13. The van der Waals surface area contributed by atoms with Crippen molar-refractivity contribution in [3.05, 3.63) is 76.7 Å². The van der Waals surface area contributed by atoms with Gasteiger partial charge in [-0.1, -0.05) is 49.8 Å². The second-order valence-electron chi connectivity index (χ2n) is 10.8. The molecule has 1 fully saturated rings. The maximum atomic E-state index is 13.9. The lowest BCUT2D eigenvalue weighted by Gasteiger charge is -2.28. The van der Waals surface area contributed by atoms with Gasteiger partial charge in [0.2, 0.25) is 0 Å². The number of para-hydroxylation sites is 1. The number of aliphatic imine (C=N–C) groups is 1. The molecule has 1 amide bonds. The van der Waals surface area contributed by atoms with E-state index in [-0.39, 0.29) is 29.1 Å². The summed E-state index contributed by atoms with van der Waals surface area (Å²) in [7, 11) is 0. The number of alkyl halides is 3. The molecule has 0 radical (unpaired) electrons. The van der Waals surface area contributed by atoms with Crippen molar-refractivity contribution in [1.29, 1.82) is 0 Å². The first-order valence-corrected chi connectivity index (χ1v) is 14.4. The third-order valence-electron chi connectivity index (χ3n) is 8.04. The number of fused-ring (bicyclic) bond motifs is 1. The maximum absolute atomic E-state index is 13.9. The summed E-state index contributed by atoms with van der Waals surface area (Å²) in [4.78, 5) is 22.7. The van der Waals surface area contributed by atoms with Crippen LogP contribution in [0.4, 0.5) is 18.9 Å². The molecule has 4 rings (SSSR count). The van der Waals surface area contributed by atoms with Crippen LogP contribution in [-0.2, 0) is 4.79 Å². The number of rotatable bonds is 9. The van der Waals surface area contributed by atoms with E-state index >= 15 is 0 Å². The molecule has 1 aromatic rings. The summed E-state index contributed by atoms with van der Waals surface area (Å²) in [5.74, 6) is -0.0215. The van der Waals surface area contributed by atoms with Gasteiger partial charge >= 0.3 is 6.18 Å². The van der Waals surface area contributed by atoms with E-state index in [2.05, 4.69) is 22.9 Å². The monoisotopic (exact) mass is 555 g/mol. The number of hydrogen-bond acceptors (Lipinski definition) is 4. The van der Waals surface area contributed by atoms with E-state index < -0.39 is 11.7 Å². The van der Waals surface area contributed by atoms with Gasteiger partial charge in [0, 0.05) is 30.3 Å². The van der Waals surface area contributed by atoms with Crippen LogP contribution in [-0.4, -0.2) is 53.0 Å². The Labute approximate surface area is 235 Å². The van der Waals surface area contributed by atoms with Crippen molar-refractivity contribution in [3.8, 4) is 0 Å². The summed E-state index contributed by atoms with van der Waals surface area (Å²) in [5.41, 5.74) is 2.12. The predicted molar refractivity (Wildman–Crippen MR) is 155 cm³/mol. The van der Waals surface area contributed by atoms with Gasteiger partial charge in [0.1, 0.15) is 5.71 Å². The van der Waals surface area contributed by atoms with E-state index in [1.54, 1.807) is 17.9 Å². The fourth-order valence-corrected chi connectivity index (χ4v) is 5.92. The standard InChI is InChI=1S/C32H40F3N3O2/c1-4-25-14-11-17-37(25)21-22(19-27(39)6-3)18-26(5-2)38-29-16-10-9-15-28(29)30(31(38)40)36-24-13-8-7-12-23(20-24)32(33,34)35/h6,9-10,12,15-16,18,20,25-26,39H,4-5,7-8,11,13-14,17,19,21H2,1-3H3/b22-18+,27-6+,36-30?. The molecule has 2 heterocycles. The third-order valence-corrected chi connectivity index (χ3v) is 8.04. The number of benzene rings is 1. The number of aliphatic hydroxyl groups is 1. The first-order chi connectivity index (χ1) is 19.2. The van der Waals surface area contributed by atoms with Crippen molar-refractivity contribution in [2.75, 3.05) is 18.0 Å². The molecule has 216 valence electrons. The Bertz CT molecular complexity index is 1240. The summed E-state index contributed by atoms with van der Waals surface area (Å²) in [6.07, 6.45) is 7.25. The lowest BCUT2D eigenvalue weighted by atomic mass is 10.0. The molecule has 0 aromatic heterocycles. The fraction of sp³-hybridized carbons (Fsp3) is 0.500. The van der Waals surface area contributed by atoms with Gasteiger partial charge in [0.25, 0.3) is 5.91 Å². The van der Waals surface area contributed by atoms with Gasteiger partial charge in [-0.2, -0.15) is 13.2 Å². The first-order valence-electron chi connectivity index (χ1n) is 14.4. The fourth-order valence-electron chi connectivity index (χ4n) is 5.92. The first kappa shape index (κ1) is 29.8. The highest BCUT2D eigenvalue weighted by atomic mass is 19.4. The summed E-state index contributed by atoms with van der Waals surface area (Å²) >= 11 is 0. The normalized spacial score (nSPS) is 22.9. The van der Waals surface area contributed by atoms with Gasteiger partial charge in [-0.25, -0.2) is 4.99 Å². The van der Waals surface area contributed by atoms with Crippen molar-refractivity contribution in [2.45, 2.75) is 90.4 Å². The molecule has 8 heteroatoms. The zero-order chi connectivity index (χ0) is 28.9. The molecule has 2 aliphatic heterocycles. The molecule has 0 saturated carbocycles. The van der Waals surface area contributed by atoms with Crippen molar-refractivity contribution < 1.29 is 23.1 Å². The van der Waals surface area contributed by atoms with Crippen molar-refractivity contribution in [1.82, 2.24) is 4.90 Å². The second-order valence-corrected chi connectivity index (χ2v) is 10.8. The van der Waals surface area contributed by atoms with Crippen LogP contribution in [0.15, 0.2) is 76.2 Å². The third kappa shape index (κ3) is 6.77. The van der Waals surface area contributed by atoms with E-state index in [4.69, 9.17) is 0 Å². The van der Waals surface area contributed by atoms with Crippen LogP contribution >= 0.6 is 0 Å². The number of aliphatic hydroxyl groups excluding tert-OH is 1. The number of amides is 1. The molecule has 1 aromatic carbocycles. The van der Waals surface area contributed by atoms with Crippen molar-refractivity contribution >= 4 is 17.3 Å². The molecular formula is C32H40F3N3O2.